The Morgan fingerprint density at radius 2 is 1.66 bits per heavy atom. The van der Waals surface area contributed by atoms with E-state index in [1.54, 1.807) is 21.3 Å². The van der Waals surface area contributed by atoms with E-state index in [1.165, 1.54) is 5.56 Å². The summed E-state index contributed by atoms with van der Waals surface area (Å²) in [4.78, 5) is 4.80. The molecule has 1 aliphatic rings. The Labute approximate surface area is 172 Å². The standard InChI is InChI=1S/C25H27NO3/c1-14-12-21(28-5)24-18(8-7-9-20(24)27-4)22(14)19-11-10-17-13-15(2)26-16(3)23(17)25(19)29-6/h7-12,15H,13H2,1-6H3. The van der Waals surface area contributed by atoms with Crippen LogP contribution in [0.5, 0.6) is 17.2 Å². The average Bonchev–Trinajstić information content (AvgIpc) is 2.71. The predicted octanol–water partition coefficient (Wildman–Crippen LogP) is 5.59. The monoisotopic (exact) mass is 389 g/mol. The Bertz CT molecular complexity index is 1130. The van der Waals surface area contributed by atoms with Gasteiger partial charge in [-0.05, 0) is 61.4 Å². The van der Waals surface area contributed by atoms with E-state index in [4.69, 9.17) is 19.2 Å². The van der Waals surface area contributed by atoms with Crippen LogP contribution in [0.2, 0.25) is 0 Å². The SMILES string of the molecule is COc1c(-c2c(C)cc(OC)c3c(OC)cccc23)ccc2c1C(C)=NC(C)C2. The molecule has 0 aliphatic carbocycles. The fraction of sp³-hybridized carbons (Fsp3) is 0.320. The second-order valence-electron chi connectivity index (χ2n) is 7.60. The van der Waals surface area contributed by atoms with Crippen molar-refractivity contribution < 1.29 is 14.2 Å². The predicted molar refractivity (Wildman–Crippen MR) is 119 cm³/mol. The van der Waals surface area contributed by atoms with Crippen LogP contribution in [0.3, 0.4) is 0 Å². The van der Waals surface area contributed by atoms with Gasteiger partial charge in [0.2, 0.25) is 0 Å². The highest BCUT2D eigenvalue weighted by atomic mass is 16.5. The zero-order valence-electron chi connectivity index (χ0n) is 17.9. The summed E-state index contributed by atoms with van der Waals surface area (Å²) in [6, 6.07) is 12.9. The minimum absolute atomic E-state index is 0.297. The summed E-state index contributed by atoms with van der Waals surface area (Å²) in [7, 11) is 5.13. The van der Waals surface area contributed by atoms with Gasteiger partial charge in [-0.3, -0.25) is 4.99 Å². The summed E-state index contributed by atoms with van der Waals surface area (Å²) in [6.07, 6.45) is 0.930. The number of methoxy groups -OCH3 is 3. The smallest absolute Gasteiger partial charge is 0.136 e. The molecule has 4 heteroatoms. The second-order valence-corrected chi connectivity index (χ2v) is 7.60. The molecule has 1 atom stereocenters. The summed E-state index contributed by atoms with van der Waals surface area (Å²) in [5.41, 5.74) is 6.76. The summed E-state index contributed by atoms with van der Waals surface area (Å²) >= 11 is 0. The van der Waals surface area contributed by atoms with Crippen LogP contribution in [0.4, 0.5) is 0 Å². The fourth-order valence-electron chi connectivity index (χ4n) is 4.59. The molecule has 0 amide bonds. The first kappa shape index (κ1) is 19.3. The van der Waals surface area contributed by atoms with E-state index < -0.39 is 0 Å². The van der Waals surface area contributed by atoms with Crippen LogP contribution in [0, 0.1) is 6.92 Å². The van der Waals surface area contributed by atoms with E-state index in [-0.39, 0.29) is 0 Å². The molecular formula is C25H27NO3. The summed E-state index contributed by atoms with van der Waals surface area (Å²) < 4.78 is 17.3. The van der Waals surface area contributed by atoms with Gasteiger partial charge >= 0.3 is 0 Å². The maximum Gasteiger partial charge on any atom is 0.136 e. The largest absolute Gasteiger partial charge is 0.496 e. The van der Waals surface area contributed by atoms with E-state index in [0.717, 1.165) is 62.4 Å². The molecule has 1 heterocycles. The van der Waals surface area contributed by atoms with Crippen LogP contribution >= 0.6 is 0 Å². The Balaban J connectivity index is 2.09. The lowest BCUT2D eigenvalue weighted by molar-refractivity contribution is 0.405. The third kappa shape index (κ3) is 3.03. The second kappa shape index (κ2) is 7.43. The highest BCUT2D eigenvalue weighted by Crippen LogP contribution is 2.46. The first-order valence-corrected chi connectivity index (χ1v) is 9.89. The molecule has 0 bridgehead atoms. The van der Waals surface area contributed by atoms with Crippen molar-refractivity contribution in [1.29, 1.82) is 0 Å². The normalized spacial score (nSPS) is 15.7. The van der Waals surface area contributed by atoms with Gasteiger partial charge in [-0.25, -0.2) is 0 Å². The third-order valence-electron chi connectivity index (χ3n) is 5.73. The number of benzene rings is 3. The number of hydrogen-bond acceptors (Lipinski definition) is 4. The van der Waals surface area contributed by atoms with E-state index in [9.17, 15) is 0 Å². The van der Waals surface area contributed by atoms with E-state index >= 15 is 0 Å². The van der Waals surface area contributed by atoms with Crippen LogP contribution in [0.1, 0.15) is 30.5 Å². The number of nitrogens with zero attached hydrogens (tertiary/aromatic N) is 1. The maximum absolute atomic E-state index is 5.98. The lowest BCUT2D eigenvalue weighted by atomic mass is 9.86. The number of fused-ring (bicyclic) bond motifs is 2. The zero-order chi connectivity index (χ0) is 20.7. The molecule has 29 heavy (non-hydrogen) atoms. The van der Waals surface area contributed by atoms with Crippen LogP contribution in [0.25, 0.3) is 21.9 Å². The van der Waals surface area contributed by atoms with Gasteiger partial charge in [0.1, 0.15) is 17.2 Å². The Morgan fingerprint density at radius 1 is 0.897 bits per heavy atom. The molecule has 0 N–H and O–H groups in total. The van der Waals surface area contributed by atoms with Crippen LogP contribution in [0.15, 0.2) is 41.4 Å². The molecule has 0 radical (unpaired) electrons. The minimum atomic E-state index is 0.297. The molecular weight excluding hydrogens is 362 g/mol. The number of aliphatic imine (C=N–C) groups is 1. The fourth-order valence-corrected chi connectivity index (χ4v) is 4.59. The van der Waals surface area contributed by atoms with Crippen molar-refractivity contribution in [3.05, 3.63) is 53.1 Å². The van der Waals surface area contributed by atoms with Crippen molar-refractivity contribution in [1.82, 2.24) is 0 Å². The number of ether oxygens (including phenoxy) is 3. The van der Waals surface area contributed by atoms with Crippen LogP contribution < -0.4 is 14.2 Å². The Morgan fingerprint density at radius 3 is 2.34 bits per heavy atom. The minimum Gasteiger partial charge on any atom is -0.496 e. The first-order chi connectivity index (χ1) is 14.0. The van der Waals surface area contributed by atoms with Crippen LogP contribution in [-0.2, 0) is 6.42 Å². The molecule has 1 unspecified atom stereocenters. The molecule has 4 rings (SSSR count). The van der Waals surface area contributed by atoms with Gasteiger partial charge in [-0.2, -0.15) is 0 Å². The molecule has 0 spiro atoms. The van der Waals surface area contributed by atoms with Gasteiger partial charge in [-0.15, -0.1) is 0 Å². The Kier molecular flexibility index (Phi) is 4.95. The van der Waals surface area contributed by atoms with E-state index in [2.05, 4.69) is 45.0 Å². The average molecular weight is 389 g/mol. The lowest BCUT2D eigenvalue weighted by Crippen LogP contribution is -2.18. The van der Waals surface area contributed by atoms with E-state index in [1.807, 2.05) is 12.1 Å². The van der Waals surface area contributed by atoms with Gasteiger partial charge in [0.15, 0.2) is 0 Å². The number of hydrogen-bond donors (Lipinski definition) is 0. The molecule has 1 aliphatic heterocycles. The highest BCUT2D eigenvalue weighted by molar-refractivity contribution is 6.09. The summed E-state index contributed by atoms with van der Waals surface area (Å²) in [5, 5.41) is 2.05. The summed E-state index contributed by atoms with van der Waals surface area (Å²) in [6.45, 7) is 6.34. The van der Waals surface area contributed by atoms with Crippen molar-refractivity contribution in [2.24, 2.45) is 4.99 Å². The lowest BCUT2D eigenvalue weighted by Gasteiger charge is -2.25. The molecule has 0 aromatic heterocycles. The molecule has 150 valence electrons. The van der Waals surface area contributed by atoms with Crippen molar-refractivity contribution in [3.8, 4) is 28.4 Å². The van der Waals surface area contributed by atoms with E-state index in [0.29, 0.717) is 6.04 Å². The molecule has 0 fully saturated rings. The molecule has 4 nitrogen and oxygen atoms in total. The summed E-state index contributed by atoms with van der Waals surface area (Å²) in [5.74, 6) is 2.49. The van der Waals surface area contributed by atoms with Crippen molar-refractivity contribution in [2.75, 3.05) is 21.3 Å². The zero-order valence-corrected chi connectivity index (χ0v) is 17.9. The van der Waals surface area contributed by atoms with Gasteiger partial charge < -0.3 is 14.2 Å². The third-order valence-corrected chi connectivity index (χ3v) is 5.73. The van der Waals surface area contributed by atoms with Crippen molar-refractivity contribution in [3.63, 3.8) is 0 Å². The van der Waals surface area contributed by atoms with Crippen LogP contribution in [-0.4, -0.2) is 33.1 Å². The topological polar surface area (TPSA) is 40.0 Å². The van der Waals surface area contributed by atoms with Crippen molar-refractivity contribution in [2.45, 2.75) is 33.2 Å². The van der Waals surface area contributed by atoms with Gasteiger partial charge in [0.25, 0.3) is 0 Å². The maximum atomic E-state index is 5.98. The van der Waals surface area contributed by atoms with Gasteiger partial charge in [0.05, 0.1) is 32.8 Å². The van der Waals surface area contributed by atoms with Crippen molar-refractivity contribution >= 4 is 16.5 Å². The molecule has 0 saturated carbocycles. The quantitative estimate of drug-likeness (QED) is 0.583. The Hall–Kier alpha value is -3.01. The number of aryl methyl sites for hydroxylation is 1. The van der Waals surface area contributed by atoms with Gasteiger partial charge in [0, 0.05) is 16.8 Å². The number of rotatable bonds is 4. The molecule has 0 saturated heterocycles. The van der Waals surface area contributed by atoms with Gasteiger partial charge in [-0.1, -0.05) is 24.3 Å². The molecule has 3 aromatic carbocycles. The first-order valence-electron chi connectivity index (χ1n) is 9.89. The highest BCUT2D eigenvalue weighted by Gasteiger charge is 2.25. The molecule has 3 aromatic rings.